The SMILES string of the molecule is Cc1ccnc(NC2CCN(S(=O)(=O)Cc3ccccc3)CC2)c1[N+](=O)[O-]. The van der Waals surface area contributed by atoms with Crippen LogP contribution in [0, 0.1) is 17.0 Å². The van der Waals surface area contributed by atoms with Crippen molar-refractivity contribution in [1.29, 1.82) is 0 Å². The van der Waals surface area contributed by atoms with E-state index in [0.717, 1.165) is 5.56 Å². The van der Waals surface area contributed by atoms with Gasteiger partial charge in [-0.15, -0.1) is 0 Å². The van der Waals surface area contributed by atoms with Crippen LogP contribution in [0.15, 0.2) is 42.6 Å². The third-order valence-corrected chi connectivity index (χ3v) is 6.54. The van der Waals surface area contributed by atoms with E-state index in [2.05, 4.69) is 10.3 Å². The van der Waals surface area contributed by atoms with Gasteiger partial charge >= 0.3 is 5.69 Å². The van der Waals surface area contributed by atoms with E-state index >= 15 is 0 Å². The van der Waals surface area contributed by atoms with Crippen molar-refractivity contribution in [2.24, 2.45) is 0 Å². The zero-order valence-electron chi connectivity index (χ0n) is 15.0. The van der Waals surface area contributed by atoms with Crippen molar-refractivity contribution in [3.05, 3.63) is 63.8 Å². The third-order valence-electron chi connectivity index (χ3n) is 4.69. The number of aryl methyl sites for hydroxylation is 1. The quantitative estimate of drug-likeness (QED) is 0.600. The van der Waals surface area contributed by atoms with Crippen molar-refractivity contribution < 1.29 is 13.3 Å². The Morgan fingerprint density at radius 3 is 2.52 bits per heavy atom. The van der Waals surface area contributed by atoms with Crippen molar-refractivity contribution in [3.8, 4) is 0 Å². The van der Waals surface area contributed by atoms with Gasteiger partial charge in [0.05, 0.1) is 10.7 Å². The summed E-state index contributed by atoms with van der Waals surface area (Å²) in [6.45, 7) is 2.43. The van der Waals surface area contributed by atoms with Crippen molar-refractivity contribution in [2.45, 2.75) is 31.6 Å². The molecule has 1 aromatic carbocycles. The number of nitro groups is 1. The van der Waals surface area contributed by atoms with Crippen LogP contribution in [0.3, 0.4) is 0 Å². The maximum absolute atomic E-state index is 12.6. The molecule has 0 spiro atoms. The second kappa shape index (κ2) is 8.01. The smallest absolute Gasteiger partial charge is 0.314 e. The highest BCUT2D eigenvalue weighted by atomic mass is 32.2. The molecule has 1 aliphatic heterocycles. The zero-order valence-corrected chi connectivity index (χ0v) is 15.9. The number of aromatic nitrogens is 1. The molecule has 0 amide bonds. The van der Waals surface area contributed by atoms with E-state index in [1.54, 1.807) is 25.1 Å². The van der Waals surface area contributed by atoms with Crippen LogP contribution >= 0.6 is 0 Å². The Hall–Kier alpha value is -2.52. The number of benzene rings is 1. The predicted octanol–water partition coefficient (Wildman–Crippen LogP) is 2.70. The molecule has 2 aromatic rings. The van der Waals surface area contributed by atoms with E-state index in [9.17, 15) is 18.5 Å². The minimum Gasteiger partial charge on any atom is -0.362 e. The Kier molecular flexibility index (Phi) is 5.71. The molecule has 1 aromatic heterocycles. The van der Waals surface area contributed by atoms with Crippen LogP contribution in [0.5, 0.6) is 0 Å². The number of sulfonamides is 1. The lowest BCUT2D eigenvalue weighted by atomic mass is 10.1. The van der Waals surface area contributed by atoms with Crippen LogP contribution in [0.25, 0.3) is 0 Å². The standard InChI is InChI=1S/C18H22N4O4S/c1-14-7-10-19-18(17(14)22(23)24)20-16-8-11-21(12-9-16)27(25,26)13-15-5-3-2-4-6-15/h2-7,10,16H,8-9,11-13H2,1H3,(H,19,20). The molecular formula is C18H22N4O4S. The van der Waals surface area contributed by atoms with Gasteiger partial charge in [-0.2, -0.15) is 0 Å². The molecule has 1 saturated heterocycles. The van der Waals surface area contributed by atoms with Gasteiger partial charge in [0, 0.05) is 30.9 Å². The Labute approximate surface area is 158 Å². The number of anilines is 1. The van der Waals surface area contributed by atoms with Crippen molar-refractivity contribution in [1.82, 2.24) is 9.29 Å². The molecule has 27 heavy (non-hydrogen) atoms. The van der Waals surface area contributed by atoms with Gasteiger partial charge in [-0.25, -0.2) is 17.7 Å². The van der Waals surface area contributed by atoms with E-state index in [-0.39, 0.29) is 23.3 Å². The summed E-state index contributed by atoms with van der Waals surface area (Å²) in [6.07, 6.45) is 2.67. The number of nitrogens with zero attached hydrogens (tertiary/aromatic N) is 3. The fourth-order valence-electron chi connectivity index (χ4n) is 3.23. The van der Waals surface area contributed by atoms with E-state index in [0.29, 0.717) is 31.5 Å². The second-order valence-electron chi connectivity index (χ2n) is 6.64. The number of rotatable bonds is 6. The third kappa shape index (κ3) is 4.61. The lowest BCUT2D eigenvalue weighted by Gasteiger charge is -2.31. The van der Waals surface area contributed by atoms with Crippen LogP contribution in [0.4, 0.5) is 11.5 Å². The average molecular weight is 390 g/mol. The molecule has 2 heterocycles. The molecule has 1 fully saturated rings. The number of nitrogens with one attached hydrogen (secondary N) is 1. The first-order valence-corrected chi connectivity index (χ1v) is 10.4. The summed E-state index contributed by atoms with van der Waals surface area (Å²) < 4.78 is 26.7. The highest BCUT2D eigenvalue weighted by molar-refractivity contribution is 7.88. The Morgan fingerprint density at radius 2 is 1.89 bits per heavy atom. The summed E-state index contributed by atoms with van der Waals surface area (Å²) in [6, 6.07) is 10.6. The summed E-state index contributed by atoms with van der Waals surface area (Å²) in [5.41, 5.74) is 1.27. The first-order valence-electron chi connectivity index (χ1n) is 8.75. The maximum Gasteiger partial charge on any atom is 0.314 e. The molecule has 9 heteroatoms. The van der Waals surface area contributed by atoms with Gasteiger partial charge in [0.15, 0.2) is 0 Å². The van der Waals surface area contributed by atoms with Crippen molar-refractivity contribution in [3.63, 3.8) is 0 Å². The Bertz CT molecular complexity index is 910. The van der Waals surface area contributed by atoms with E-state index in [1.807, 2.05) is 18.2 Å². The summed E-state index contributed by atoms with van der Waals surface area (Å²) in [5, 5.41) is 14.4. The number of pyridine rings is 1. The second-order valence-corrected chi connectivity index (χ2v) is 8.61. The van der Waals surface area contributed by atoms with Crippen LogP contribution < -0.4 is 5.32 Å². The minimum atomic E-state index is -3.38. The van der Waals surface area contributed by atoms with Crippen LogP contribution in [-0.4, -0.2) is 41.8 Å². The molecule has 0 radical (unpaired) electrons. The van der Waals surface area contributed by atoms with Crippen LogP contribution in [-0.2, 0) is 15.8 Å². The summed E-state index contributed by atoms with van der Waals surface area (Å²) >= 11 is 0. The number of hydrogen-bond donors (Lipinski definition) is 1. The summed E-state index contributed by atoms with van der Waals surface area (Å²) in [4.78, 5) is 14.9. The van der Waals surface area contributed by atoms with Crippen molar-refractivity contribution >= 4 is 21.5 Å². The van der Waals surface area contributed by atoms with E-state index < -0.39 is 14.9 Å². The Morgan fingerprint density at radius 1 is 1.22 bits per heavy atom. The molecular weight excluding hydrogens is 368 g/mol. The zero-order chi connectivity index (χ0) is 19.4. The van der Waals surface area contributed by atoms with Gasteiger partial charge in [-0.05, 0) is 31.4 Å². The van der Waals surface area contributed by atoms with Gasteiger partial charge in [-0.3, -0.25) is 10.1 Å². The highest BCUT2D eigenvalue weighted by Gasteiger charge is 2.29. The number of piperidine rings is 1. The molecule has 0 bridgehead atoms. The fraction of sp³-hybridized carbons (Fsp3) is 0.389. The normalized spacial score (nSPS) is 16.2. The highest BCUT2D eigenvalue weighted by Crippen LogP contribution is 2.28. The van der Waals surface area contributed by atoms with Gasteiger partial charge < -0.3 is 5.32 Å². The molecule has 0 saturated carbocycles. The Balaban J connectivity index is 1.63. The largest absolute Gasteiger partial charge is 0.362 e. The molecule has 3 rings (SSSR count). The molecule has 0 atom stereocenters. The molecule has 1 N–H and O–H groups in total. The fourth-order valence-corrected chi connectivity index (χ4v) is 4.80. The van der Waals surface area contributed by atoms with Gasteiger partial charge in [0.25, 0.3) is 0 Å². The van der Waals surface area contributed by atoms with Crippen molar-refractivity contribution in [2.75, 3.05) is 18.4 Å². The van der Waals surface area contributed by atoms with Gasteiger partial charge in [0.2, 0.25) is 15.8 Å². The first-order chi connectivity index (χ1) is 12.9. The molecule has 0 aliphatic carbocycles. The molecule has 8 nitrogen and oxygen atoms in total. The summed E-state index contributed by atoms with van der Waals surface area (Å²) in [5.74, 6) is 0.224. The first kappa shape index (κ1) is 19.2. The maximum atomic E-state index is 12.6. The molecule has 1 aliphatic rings. The van der Waals surface area contributed by atoms with Crippen LogP contribution in [0.2, 0.25) is 0 Å². The van der Waals surface area contributed by atoms with E-state index in [1.165, 1.54) is 10.5 Å². The monoisotopic (exact) mass is 390 g/mol. The topological polar surface area (TPSA) is 105 Å². The predicted molar refractivity (Wildman–Crippen MR) is 103 cm³/mol. The minimum absolute atomic E-state index is 0.0170. The summed E-state index contributed by atoms with van der Waals surface area (Å²) in [7, 11) is -3.38. The lowest BCUT2D eigenvalue weighted by Crippen LogP contribution is -2.42. The lowest BCUT2D eigenvalue weighted by molar-refractivity contribution is -0.384. The van der Waals surface area contributed by atoms with Gasteiger partial charge in [-0.1, -0.05) is 30.3 Å². The molecule has 0 unspecified atom stereocenters. The number of hydrogen-bond acceptors (Lipinski definition) is 6. The van der Waals surface area contributed by atoms with Crippen LogP contribution in [0.1, 0.15) is 24.0 Å². The van der Waals surface area contributed by atoms with Gasteiger partial charge in [0.1, 0.15) is 0 Å². The average Bonchev–Trinajstić information content (AvgIpc) is 2.62. The molecule has 144 valence electrons. The van der Waals surface area contributed by atoms with E-state index in [4.69, 9.17) is 0 Å².